The van der Waals surface area contributed by atoms with Gasteiger partial charge in [0.15, 0.2) is 0 Å². The van der Waals surface area contributed by atoms with Crippen LogP contribution in [0.15, 0.2) is 18.2 Å². The summed E-state index contributed by atoms with van der Waals surface area (Å²) in [5.41, 5.74) is 1.77. The predicted molar refractivity (Wildman–Crippen MR) is 51.2 cm³/mol. The monoisotopic (exact) mass is 213 g/mol. The fourth-order valence-corrected chi connectivity index (χ4v) is 1.26. The Morgan fingerprint density at radius 1 is 1.57 bits per heavy atom. The number of benzene rings is 1. The van der Waals surface area contributed by atoms with E-state index in [1.807, 2.05) is 19.1 Å². The number of aliphatic carboxylic acids is 1. The van der Waals surface area contributed by atoms with Crippen LogP contribution in [0.4, 0.5) is 0 Å². The molecule has 0 aromatic heterocycles. The molecule has 0 aliphatic rings. The molecule has 0 amide bonds. The molecule has 0 N–H and O–H groups in total. The first-order valence-corrected chi connectivity index (χ1v) is 4.65. The Labute approximate surface area is 87.3 Å². The topological polar surface area (TPSA) is 49.4 Å². The van der Waals surface area contributed by atoms with Crippen LogP contribution in [0.5, 0.6) is 5.75 Å². The van der Waals surface area contributed by atoms with Crippen molar-refractivity contribution in [2.24, 2.45) is 0 Å². The number of aryl methyl sites for hydroxylation is 1. The van der Waals surface area contributed by atoms with Gasteiger partial charge in [-0.3, -0.25) is 0 Å². The number of carboxylic acid groups (broad SMARTS) is 1. The van der Waals surface area contributed by atoms with Crippen molar-refractivity contribution in [1.29, 1.82) is 0 Å². The molecule has 1 rings (SSSR count). The van der Waals surface area contributed by atoms with Gasteiger partial charge in [-0.05, 0) is 18.6 Å². The molecular formula is C10H10ClO3-. The summed E-state index contributed by atoms with van der Waals surface area (Å²) in [7, 11) is 0. The second-order valence-electron chi connectivity index (χ2n) is 2.91. The average Bonchev–Trinajstić information content (AvgIpc) is 2.15. The zero-order chi connectivity index (χ0) is 10.6. The van der Waals surface area contributed by atoms with E-state index in [1.165, 1.54) is 0 Å². The van der Waals surface area contributed by atoms with Crippen LogP contribution in [-0.4, -0.2) is 12.6 Å². The van der Waals surface area contributed by atoms with Crippen LogP contribution in [0.3, 0.4) is 0 Å². The van der Waals surface area contributed by atoms with E-state index in [-0.39, 0.29) is 0 Å². The van der Waals surface area contributed by atoms with Crippen molar-refractivity contribution in [2.75, 3.05) is 6.61 Å². The number of hydrogen-bond acceptors (Lipinski definition) is 3. The van der Waals surface area contributed by atoms with Gasteiger partial charge in [0.1, 0.15) is 12.4 Å². The number of rotatable bonds is 4. The maximum atomic E-state index is 10.2. The largest absolute Gasteiger partial charge is 0.546 e. The average molecular weight is 214 g/mol. The van der Waals surface area contributed by atoms with Gasteiger partial charge >= 0.3 is 0 Å². The van der Waals surface area contributed by atoms with Gasteiger partial charge in [-0.2, -0.15) is 0 Å². The van der Waals surface area contributed by atoms with E-state index >= 15 is 0 Å². The number of carboxylic acids is 1. The van der Waals surface area contributed by atoms with Crippen LogP contribution in [0, 0.1) is 6.92 Å². The first-order valence-electron chi connectivity index (χ1n) is 4.11. The van der Waals surface area contributed by atoms with E-state index in [0.29, 0.717) is 11.6 Å². The summed E-state index contributed by atoms with van der Waals surface area (Å²) in [5.74, 6) is -0.445. The van der Waals surface area contributed by atoms with Gasteiger partial charge in [0.05, 0.1) is 11.8 Å². The van der Waals surface area contributed by atoms with Gasteiger partial charge in [0.2, 0.25) is 0 Å². The molecule has 0 spiro atoms. The number of ether oxygens (including phenoxy) is 1. The molecule has 1 aromatic carbocycles. The highest BCUT2D eigenvalue weighted by Gasteiger charge is 2.02. The van der Waals surface area contributed by atoms with Crippen molar-refractivity contribution >= 4 is 17.6 Å². The Bertz CT molecular complexity index is 336. The molecule has 0 saturated heterocycles. The normalized spacial score (nSPS) is 9.86. The number of alkyl halides is 1. The van der Waals surface area contributed by atoms with Crippen molar-refractivity contribution in [3.63, 3.8) is 0 Å². The molecule has 0 atom stereocenters. The van der Waals surface area contributed by atoms with Crippen molar-refractivity contribution < 1.29 is 14.6 Å². The van der Waals surface area contributed by atoms with Crippen molar-refractivity contribution in [3.8, 4) is 5.75 Å². The minimum Gasteiger partial charge on any atom is -0.546 e. The Morgan fingerprint density at radius 3 is 2.86 bits per heavy atom. The quantitative estimate of drug-likeness (QED) is 0.698. The lowest BCUT2D eigenvalue weighted by atomic mass is 10.1. The zero-order valence-electron chi connectivity index (χ0n) is 7.75. The van der Waals surface area contributed by atoms with Gasteiger partial charge in [-0.15, -0.1) is 11.6 Å². The molecule has 3 nitrogen and oxygen atoms in total. The number of hydrogen-bond donors (Lipinski definition) is 0. The van der Waals surface area contributed by atoms with Gasteiger partial charge in [0, 0.05) is 5.56 Å². The molecule has 0 heterocycles. The van der Waals surface area contributed by atoms with Crippen molar-refractivity contribution in [3.05, 3.63) is 29.3 Å². The van der Waals surface area contributed by atoms with E-state index in [1.54, 1.807) is 6.07 Å². The number of carbonyl (C=O) groups is 1. The molecule has 0 saturated carbocycles. The summed E-state index contributed by atoms with van der Waals surface area (Å²) >= 11 is 5.66. The van der Waals surface area contributed by atoms with Gasteiger partial charge in [0.25, 0.3) is 0 Å². The molecule has 1 aromatic rings. The maximum Gasteiger partial charge on any atom is 0.128 e. The summed E-state index contributed by atoms with van der Waals surface area (Å²) in [4.78, 5) is 10.2. The highest BCUT2D eigenvalue weighted by molar-refractivity contribution is 6.17. The molecule has 14 heavy (non-hydrogen) atoms. The molecule has 0 aliphatic heterocycles. The van der Waals surface area contributed by atoms with Crippen molar-refractivity contribution in [1.82, 2.24) is 0 Å². The lowest BCUT2D eigenvalue weighted by molar-refractivity contribution is -0.307. The summed E-state index contributed by atoms with van der Waals surface area (Å²) in [6, 6.07) is 5.46. The molecule has 0 aliphatic carbocycles. The van der Waals surface area contributed by atoms with Crippen LogP contribution >= 0.6 is 11.6 Å². The minimum absolute atomic E-state index is 0.294. The highest BCUT2D eigenvalue weighted by Crippen LogP contribution is 2.21. The zero-order valence-corrected chi connectivity index (χ0v) is 8.50. The van der Waals surface area contributed by atoms with Crippen molar-refractivity contribution in [2.45, 2.75) is 12.8 Å². The minimum atomic E-state index is -1.24. The highest BCUT2D eigenvalue weighted by atomic mass is 35.5. The van der Waals surface area contributed by atoms with Gasteiger partial charge < -0.3 is 14.6 Å². The molecule has 76 valence electrons. The molecule has 4 heteroatoms. The van der Waals surface area contributed by atoms with Crippen LogP contribution in [-0.2, 0) is 10.7 Å². The van der Waals surface area contributed by atoms with Crippen LogP contribution in [0.25, 0.3) is 0 Å². The summed E-state index contributed by atoms with van der Waals surface area (Å²) < 4.78 is 5.02. The molecular weight excluding hydrogens is 204 g/mol. The van der Waals surface area contributed by atoms with Crippen LogP contribution < -0.4 is 9.84 Å². The fraction of sp³-hybridized carbons (Fsp3) is 0.300. The summed E-state index contributed by atoms with van der Waals surface area (Å²) in [6.07, 6.45) is 0. The third-order valence-electron chi connectivity index (χ3n) is 1.71. The van der Waals surface area contributed by atoms with E-state index in [0.717, 1.165) is 11.1 Å². The lowest BCUT2D eigenvalue weighted by Gasteiger charge is -2.10. The number of halogens is 1. The molecule has 0 radical (unpaired) electrons. The van der Waals surface area contributed by atoms with Gasteiger partial charge in [-0.1, -0.05) is 12.1 Å². The lowest BCUT2D eigenvalue weighted by Crippen LogP contribution is -2.29. The van der Waals surface area contributed by atoms with E-state index < -0.39 is 12.6 Å². The Balaban J connectivity index is 2.82. The second-order valence-corrected chi connectivity index (χ2v) is 3.17. The Morgan fingerprint density at radius 2 is 2.29 bits per heavy atom. The smallest absolute Gasteiger partial charge is 0.128 e. The van der Waals surface area contributed by atoms with E-state index in [9.17, 15) is 9.90 Å². The summed E-state index contributed by atoms with van der Waals surface area (Å²) in [6.45, 7) is 1.44. The van der Waals surface area contributed by atoms with Crippen LogP contribution in [0.1, 0.15) is 11.1 Å². The predicted octanol–water partition coefficient (Wildman–Crippen LogP) is 0.863. The Kier molecular flexibility index (Phi) is 3.77. The SMILES string of the molecule is Cc1ccc(CCl)c(OCC(=O)[O-])c1. The van der Waals surface area contributed by atoms with Crippen LogP contribution in [0.2, 0.25) is 0 Å². The Hall–Kier alpha value is -1.22. The first kappa shape index (κ1) is 10.9. The second kappa shape index (κ2) is 4.86. The third kappa shape index (κ3) is 2.92. The third-order valence-corrected chi connectivity index (χ3v) is 2.00. The summed E-state index contributed by atoms with van der Waals surface area (Å²) in [5, 5.41) is 10.2. The maximum absolute atomic E-state index is 10.2. The molecule has 0 unspecified atom stereocenters. The van der Waals surface area contributed by atoms with E-state index in [2.05, 4.69) is 0 Å². The molecule has 0 fully saturated rings. The molecule has 0 bridgehead atoms. The van der Waals surface area contributed by atoms with Gasteiger partial charge in [-0.25, -0.2) is 0 Å². The standard InChI is InChI=1S/C10H11ClO3/c1-7-2-3-8(5-11)9(4-7)14-6-10(12)13/h2-4H,5-6H2,1H3,(H,12,13)/p-1. The fourth-order valence-electron chi connectivity index (χ4n) is 1.04. The van der Waals surface area contributed by atoms with E-state index in [4.69, 9.17) is 16.3 Å². The number of carbonyl (C=O) groups excluding carboxylic acids is 1. The first-order chi connectivity index (χ1) is 6.63.